The summed E-state index contributed by atoms with van der Waals surface area (Å²) in [6.45, 7) is 0. The van der Waals surface area contributed by atoms with Crippen LogP contribution in [0.15, 0.2) is 59.1 Å². The summed E-state index contributed by atoms with van der Waals surface area (Å²) in [6.07, 6.45) is 0. The number of nitrogen functional groups attached to an aromatic ring is 1. The van der Waals surface area contributed by atoms with Crippen LogP contribution in [0.25, 0.3) is 10.8 Å². The summed E-state index contributed by atoms with van der Waals surface area (Å²) < 4.78 is 14.5. The predicted octanol–water partition coefficient (Wildman–Crippen LogP) is 5.07. The standard InChI is InChI=1S/C16H12BrFN2/c17-12-8-9-14(11-5-2-1-4-10(11)12)20-15-7-3-6-13(18)16(15)19/h1-9,20H,19H2. The number of rotatable bonds is 2. The highest BCUT2D eigenvalue weighted by Crippen LogP contribution is 2.33. The first-order valence-electron chi connectivity index (χ1n) is 6.15. The van der Waals surface area contributed by atoms with E-state index in [1.807, 2.05) is 36.4 Å². The van der Waals surface area contributed by atoms with Gasteiger partial charge in [-0.1, -0.05) is 46.3 Å². The Kier molecular flexibility index (Phi) is 3.32. The lowest BCUT2D eigenvalue weighted by molar-refractivity contribution is 0.633. The summed E-state index contributed by atoms with van der Waals surface area (Å²) in [5, 5.41) is 5.33. The molecule has 100 valence electrons. The van der Waals surface area contributed by atoms with Gasteiger partial charge in [-0.05, 0) is 29.7 Å². The largest absolute Gasteiger partial charge is 0.395 e. The van der Waals surface area contributed by atoms with Gasteiger partial charge >= 0.3 is 0 Å². The maximum atomic E-state index is 13.5. The van der Waals surface area contributed by atoms with Crippen molar-refractivity contribution in [2.24, 2.45) is 0 Å². The van der Waals surface area contributed by atoms with E-state index in [9.17, 15) is 4.39 Å². The monoisotopic (exact) mass is 330 g/mol. The second kappa shape index (κ2) is 5.13. The molecule has 0 aliphatic heterocycles. The van der Waals surface area contributed by atoms with Crippen LogP contribution in [0.3, 0.4) is 0 Å². The quantitative estimate of drug-likeness (QED) is 0.644. The van der Waals surface area contributed by atoms with Crippen molar-refractivity contribution in [3.8, 4) is 0 Å². The van der Waals surface area contributed by atoms with Crippen LogP contribution in [0.1, 0.15) is 0 Å². The molecule has 0 heterocycles. The highest BCUT2D eigenvalue weighted by Gasteiger charge is 2.08. The summed E-state index contributed by atoms with van der Waals surface area (Å²) in [4.78, 5) is 0. The molecule has 3 aromatic carbocycles. The van der Waals surface area contributed by atoms with Crippen molar-refractivity contribution in [3.05, 3.63) is 64.9 Å². The van der Waals surface area contributed by atoms with Crippen LogP contribution in [0.5, 0.6) is 0 Å². The Morgan fingerprint density at radius 3 is 2.40 bits per heavy atom. The normalized spacial score (nSPS) is 10.7. The molecule has 2 nitrogen and oxygen atoms in total. The molecule has 0 saturated carbocycles. The average molecular weight is 331 g/mol. The molecular formula is C16H12BrFN2. The van der Waals surface area contributed by atoms with E-state index in [1.54, 1.807) is 12.1 Å². The van der Waals surface area contributed by atoms with Gasteiger partial charge in [-0.3, -0.25) is 0 Å². The van der Waals surface area contributed by atoms with Gasteiger partial charge in [-0.25, -0.2) is 4.39 Å². The Bertz CT molecular complexity index is 787. The first-order valence-corrected chi connectivity index (χ1v) is 6.94. The molecule has 0 bridgehead atoms. The molecule has 0 atom stereocenters. The van der Waals surface area contributed by atoms with Crippen LogP contribution in [-0.4, -0.2) is 0 Å². The SMILES string of the molecule is Nc1c(F)cccc1Nc1ccc(Br)c2ccccc12. The van der Waals surface area contributed by atoms with E-state index in [2.05, 4.69) is 21.2 Å². The smallest absolute Gasteiger partial charge is 0.148 e. The fourth-order valence-corrected chi connectivity index (χ4v) is 2.64. The molecule has 3 rings (SSSR count). The Labute approximate surface area is 124 Å². The number of hydrogen-bond acceptors (Lipinski definition) is 2. The summed E-state index contributed by atoms with van der Waals surface area (Å²) in [5.41, 5.74) is 7.34. The number of hydrogen-bond donors (Lipinski definition) is 2. The fourth-order valence-electron chi connectivity index (χ4n) is 2.16. The van der Waals surface area contributed by atoms with Crippen molar-refractivity contribution in [3.63, 3.8) is 0 Å². The van der Waals surface area contributed by atoms with E-state index in [0.29, 0.717) is 5.69 Å². The number of anilines is 3. The topological polar surface area (TPSA) is 38.0 Å². The lowest BCUT2D eigenvalue weighted by atomic mass is 10.1. The van der Waals surface area contributed by atoms with Gasteiger partial charge in [0.15, 0.2) is 0 Å². The van der Waals surface area contributed by atoms with Crippen molar-refractivity contribution in [2.45, 2.75) is 0 Å². The predicted molar refractivity (Wildman–Crippen MR) is 85.7 cm³/mol. The number of fused-ring (bicyclic) bond motifs is 1. The number of para-hydroxylation sites is 1. The third-order valence-corrected chi connectivity index (χ3v) is 3.88. The zero-order chi connectivity index (χ0) is 14.1. The Morgan fingerprint density at radius 1 is 0.850 bits per heavy atom. The van der Waals surface area contributed by atoms with Gasteiger partial charge in [-0.15, -0.1) is 0 Å². The van der Waals surface area contributed by atoms with Crippen molar-refractivity contribution >= 4 is 43.8 Å². The highest BCUT2D eigenvalue weighted by atomic mass is 79.9. The van der Waals surface area contributed by atoms with E-state index < -0.39 is 5.82 Å². The Morgan fingerprint density at radius 2 is 1.60 bits per heavy atom. The average Bonchev–Trinajstić information content (AvgIpc) is 2.47. The van der Waals surface area contributed by atoms with Gasteiger partial charge in [0.2, 0.25) is 0 Å². The van der Waals surface area contributed by atoms with Crippen LogP contribution < -0.4 is 11.1 Å². The molecular weight excluding hydrogens is 319 g/mol. The van der Waals surface area contributed by atoms with Crippen LogP contribution in [0.4, 0.5) is 21.5 Å². The van der Waals surface area contributed by atoms with Crippen molar-refractivity contribution < 1.29 is 4.39 Å². The second-order valence-corrected chi connectivity index (χ2v) is 5.32. The summed E-state index contributed by atoms with van der Waals surface area (Å²) in [6, 6.07) is 16.6. The van der Waals surface area contributed by atoms with Crippen molar-refractivity contribution in [1.82, 2.24) is 0 Å². The lowest BCUT2D eigenvalue weighted by Gasteiger charge is -2.13. The minimum atomic E-state index is -0.420. The summed E-state index contributed by atoms with van der Waals surface area (Å²) in [7, 11) is 0. The van der Waals surface area contributed by atoms with Crippen LogP contribution in [0.2, 0.25) is 0 Å². The molecule has 0 aliphatic carbocycles. The van der Waals surface area contributed by atoms with Gasteiger partial charge in [0, 0.05) is 15.5 Å². The minimum Gasteiger partial charge on any atom is -0.395 e. The molecule has 4 heteroatoms. The maximum absolute atomic E-state index is 13.5. The molecule has 0 spiro atoms. The zero-order valence-corrected chi connectivity index (χ0v) is 12.1. The van der Waals surface area contributed by atoms with Crippen LogP contribution in [0, 0.1) is 5.82 Å². The molecule has 0 amide bonds. The van der Waals surface area contributed by atoms with E-state index >= 15 is 0 Å². The van der Waals surface area contributed by atoms with Crippen molar-refractivity contribution in [2.75, 3.05) is 11.1 Å². The minimum absolute atomic E-state index is 0.125. The molecule has 0 aromatic heterocycles. The number of halogens is 2. The Balaban J connectivity index is 2.12. The number of nitrogens with two attached hydrogens (primary N) is 1. The molecule has 0 aliphatic rings. The van der Waals surface area contributed by atoms with E-state index in [1.165, 1.54) is 6.07 Å². The van der Waals surface area contributed by atoms with Gasteiger partial charge in [0.05, 0.1) is 11.4 Å². The molecule has 0 saturated heterocycles. The van der Waals surface area contributed by atoms with Gasteiger partial charge in [0.25, 0.3) is 0 Å². The van der Waals surface area contributed by atoms with E-state index in [4.69, 9.17) is 5.73 Å². The number of nitrogens with one attached hydrogen (secondary N) is 1. The van der Waals surface area contributed by atoms with Gasteiger partial charge < -0.3 is 11.1 Å². The van der Waals surface area contributed by atoms with E-state index in [0.717, 1.165) is 20.9 Å². The Hall–Kier alpha value is -2.07. The molecule has 0 radical (unpaired) electrons. The summed E-state index contributed by atoms with van der Waals surface area (Å²) in [5.74, 6) is -0.420. The molecule has 20 heavy (non-hydrogen) atoms. The van der Waals surface area contributed by atoms with Gasteiger partial charge in [0.1, 0.15) is 5.82 Å². The summed E-state index contributed by atoms with van der Waals surface area (Å²) >= 11 is 3.53. The van der Waals surface area contributed by atoms with Crippen molar-refractivity contribution in [1.29, 1.82) is 0 Å². The first kappa shape index (κ1) is 12.9. The van der Waals surface area contributed by atoms with Crippen LogP contribution >= 0.6 is 15.9 Å². The highest BCUT2D eigenvalue weighted by molar-refractivity contribution is 9.10. The lowest BCUT2D eigenvalue weighted by Crippen LogP contribution is -1.99. The third kappa shape index (κ3) is 2.23. The fraction of sp³-hybridized carbons (Fsp3) is 0. The zero-order valence-electron chi connectivity index (χ0n) is 10.5. The molecule has 3 N–H and O–H groups in total. The van der Waals surface area contributed by atoms with Crippen LogP contribution in [-0.2, 0) is 0 Å². The second-order valence-electron chi connectivity index (χ2n) is 4.47. The molecule has 0 unspecified atom stereocenters. The first-order chi connectivity index (χ1) is 9.66. The van der Waals surface area contributed by atoms with E-state index in [-0.39, 0.29) is 5.69 Å². The maximum Gasteiger partial charge on any atom is 0.148 e. The number of benzene rings is 3. The van der Waals surface area contributed by atoms with Gasteiger partial charge in [-0.2, -0.15) is 0 Å². The molecule has 3 aromatic rings. The molecule has 0 fully saturated rings. The third-order valence-electron chi connectivity index (χ3n) is 3.19.